The third-order valence-corrected chi connectivity index (χ3v) is 6.26. The molecule has 1 atom stereocenters. The van der Waals surface area contributed by atoms with Crippen molar-refractivity contribution in [3.8, 4) is 22.9 Å². The number of hydrogen-bond acceptors (Lipinski definition) is 5. The van der Waals surface area contributed by atoms with Crippen molar-refractivity contribution in [2.24, 2.45) is 5.92 Å². The van der Waals surface area contributed by atoms with Crippen LogP contribution in [0.25, 0.3) is 11.4 Å². The Morgan fingerprint density at radius 2 is 1.47 bits per heavy atom. The van der Waals surface area contributed by atoms with Gasteiger partial charge in [-0.2, -0.15) is 0 Å². The molecular weight excluding hydrogens is 424 g/mol. The highest BCUT2D eigenvalue weighted by Crippen LogP contribution is 2.21. The smallest absolute Gasteiger partial charge is 0.311 e. The Morgan fingerprint density at radius 1 is 0.824 bits per heavy atom. The van der Waals surface area contributed by atoms with E-state index in [0.29, 0.717) is 18.0 Å². The number of aromatic nitrogens is 2. The average Bonchev–Trinajstić information content (AvgIpc) is 2.86. The van der Waals surface area contributed by atoms with Crippen molar-refractivity contribution in [1.29, 1.82) is 0 Å². The Morgan fingerprint density at radius 3 is 2.15 bits per heavy atom. The first-order valence-corrected chi connectivity index (χ1v) is 13.4. The molecule has 2 rings (SSSR count). The summed E-state index contributed by atoms with van der Waals surface area (Å²) in [6.45, 7) is 7.49. The monoisotopic (exact) mass is 468 g/mol. The summed E-state index contributed by atoms with van der Waals surface area (Å²) < 4.78 is 11.2. The molecule has 0 amide bonds. The molecule has 0 saturated carbocycles. The maximum Gasteiger partial charge on any atom is 0.311 e. The zero-order valence-corrected chi connectivity index (χ0v) is 21.6. The van der Waals surface area contributed by atoms with E-state index in [1.165, 1.54) is 57.8 Å². The fourth-order valence-electron chi connectivity index (χ4n) is 3.79. The summed E-state index contributed by atoms with van der Waals surface area (Å²) in [4.78, 5) is 20.8. The molecule has 34 heavy (non-hydrogen) atoms. The number of benzene rings is 1. The van der Waals surface area contributed by atoms with Crippen molar-refractivity contribution < 1.29 is 14.3 Å². The van der Waals surface area contributed by atoms with Crippen LogP contribution in [-0.2, 0) is 4.79 Å². The van der Waals surface area contributed by atoms with E-state index in [1.54, 1.807) is 12.4 Å². The van der Waals surface area contributed by atoms with Crippen LogP contribution < -0.4 is 9.47 Å². The van der Waals surface area contributed by atoms with Crippen LogP contribution >= 0.6 is 0 Å². The molecule has 0 aliphatic heterocycles. The van der Waals surface area contributed by atoms with Crippen molar-refractivity contribution in [1.82, 2.24) is 9.97 Å². The van der Waals surface area contributed by atoms with Crippen LogP contribution in [0, 0.1) is 5.92 Å². The Hall–Kier alpha value is -2.43. The minimum Gasteiger partial charge on any atom is -0.494 e. The van der Waals surface area contributed by atoms with Crippen LogP contribution in [0.5, 0.6) is 11.5 Å². The van der Waals surface area contributed by atoms with Gasteiger partial charge in [0.25, 0.3) is 0 Å². The minimum absolute atomic E-state index is 0.220. The molecule has 1 aromatic carbocycles. The molecule has 1 unspecified atom stereocenters. The summed E-state index contributed by atoms with van der Waals surface area (Å²) in [6, 6.07) is 7.82. The van der Waals surface area contributed by atoms with Gasteiger partial charge in [-0.1, -0.05) is 85.0 Å². The van der Waals surface area contributed by atoms with Crippen molar-refractivity contribution >= 4 is 5.97 Å². The molecule has 0 fully saturated rings. The van der Waals surface area contributed by atoms with Crippen molar-refractivity contribution in [3.05, 3.63) is 36.7 Å². The predicted octanol–water partition coefficient (Wildman–Crippen LogP) is 8.18. The van der Waals surface area contributed by atoms with Gasteiger partial charge in [0.05, 0.1) is 19.0 Å². The molecule has 0 saturated heterocycles. The number of rotatable bonds is 18. The van der Waals surface area contributed by atoms with Crippen LogP contribution in [0.15, 0.2) is 36.7 Å². The highest BCUT2D eigenvalue weighted by Gasteiger charge is 2.08. The summed E-state index contributed by atoms with van der Waals surface area (Å²) in [5.41, 5.74) is 0.905. The van der Waals surface area contributed by atoms with Gasteiger partial charge in [0.1, 0.15) is 5.75 Å². The standard InChI is InChI=1S/C29H44N2O3/c1-4-6-7-8-9-10-14-21-33-26-19-17-25(18-20-26)29-30-22-27(23-31-29)34-28(32)16-13-11-12-15-24(3)5-2/h17-20,22-24H,4-16,21H2,1-3H3. The molecule has 1 heterocycles. The SMILES string of the molecule is CCCCCCCCCOc1ccc(-c2ncc(OC(=O)CCCCCC(C)CC)cn2)cc1. The molecule has 0 radical (unpaired) electrons. The Balaban J connectivity index is 1.66. The van der Waals surface area contributed by atoms with Crippen LogP contribution in [0.3, 0.4) is 0 Å². The minimum atomic E-state index is -0.220. The second kappa shape index (κ2) is 17.1. The van der Waals surface area contributed by atoms with E-state index >= 15 is 0 Å². The number of ether oxygens (including phenoxy) is 2. The summed E-state index contributed by atoms with van der Waals surface area (Å²) in [7, 11) is 0. The summed E-state index contributed by atoms with van der Waals surface area (Å²) in [6.07, 6.45) is 18.0. The largest absolute Gasteiger partial charge is 0.494 e. The molecule has 0 bridgehead atoms. The lowest BCUT2D eigenvalue weighted by atomic mass is 10.0. The zero-order valence-electron chi connectivity index (χ0n) is 21.6. The van der Waals surface area contributed by atoms with Gasteiger partial charge in [0.15, 0.2) is 11.6 Å². The van der Waals surface area contributed by atoms with E-state index in [1.807, 2.05) is 24.3 Å². The third-order valence-electron chi connectivity index (χ3n) is 6.26. The highest BCUT2D eigenvalue weighted by molar-refractivity contribution is 5.72. The zero-order chi connectivity index (χ0) is 24.4. The molecule has 0 N–H and O–H groups in total. The molecule has 1 aromatic heterocycles. The van der Waals surface area contributed by atoms with E-state index in [2.05, 4.69) is 30.7 Å². The Bertz CT molecular complexity index is 790. The molecule has 5 heteroatoms. The van der Waals surface area contributed by atoms with Gasteiger partial charge in [0, 0.05) is 12.0 Å². The molecule has 2 aromatic rings. The Labute approximate surface area is 206 Å². The van der Waals surface area contributed by atoms with Gasteiger partial charge >= 0.3 is 5.97 Å². The van der Waals surface area contributed by atoms with Crippen molar-refractivity contribution in [3.63, 3.8) is 0 Å². The molecular formula is C29H44N2O3. The summed E-state index contributed by atoms with van der Waals surface area (Å²) in [5, 5.41) is 0. The fourth-order valence-corrected chi connectivity index (χ4v) is 3.79. The summed E-state index contributed by atoms with van der Waals surface area (Å²) >= 11 is 0. The second-order valence-corrected chi connectivity index (χ2v) is 9.32. The van der Waals surface area contributed by atoms with E-state index < -0.39 is 0 Å². The molecule has 188 valence electrons. The topological polar surface area (TPSA) is 61.3 Å². The molecule has 0 aliphatic carbocycles. The van der Waals surface area contributed by atoms with Crippen LogP contribution in [0.2, 0.25) is 0 Å². The van der Waals surface area contributed by atoms with Gasteiger partial charge in [0.2, 0.25) is 0 Å². The van der Waals surface area contributed by atoms with Gasteiger partial charge < -0.3 is 9.47 Å². The number of carbonyl (C=O) groups excluding carboxylic acids is 1. The molecule has 0 aliphatic rings. The first-order valence-electron chi connectivity index (χ1n) is 13.4. The first-order chi connectivity index (χ1) is 16.6. The van der Waals surface area contributed by atoms with Gasteiger partial charge in [-0.05, 0) is 43.0 Å². The second-order valence-electron chi connectivity index (χ2n) is 9.32. The fraction of sp³-hybridized carbons (Fsp3) is 0.621. The van der Waals surface area contributed by atoms with Crippen LogP contribution in [0.1, 0.15) is 104 Å². The number of esters is 1. The van der Waals surface area contributed by atoms with E-state index in [4.69, 9.17) is 9.47 Å². The van der Waals surface area contributed by atoms with Crippen molar-refractivity contribution in [2.75, 3.05) is 6.61 Å². The van der Waals surface area contributed by atoms with Gasteiger partial charge in [-0.15, -0.1) is 0 Å². The highest BCUT2D eigenvalue weighted by atomic mass is 16.5. The number of hydrogen-bond donors (Lipinski definition) is 0. The average molecular weight is 469 g/mol. The molecule has 5 nitrogen and oxygen atoms in total. The molecule has 0 spiro atoms. The van der Waals surface area contributed by atoms with Gasteiger partial charge in [-0.25, -0.2) is 9.97 Å². The summed E-state index contributed by atoms with van der Waals surface area (Å²) in [5.74, 6) is 2.40. The Kier molecular flexibility index (Phi) is 14.0. The lowest BCUT2D eigenvalue weighted by Crippen LogP contribution is -2.08. The lowest BCUT2D eigenvalue weighted by molar-refractivity contribution is -0.134. The van der Waals surface area contributed by atoms with Crippen molar-refractivity contribution in [2.45, 2.75) is 104 Å². The van der Waals surface area contributed by atoms with Crippen LogP contribution in [0.4, 0.5) is 0 Å². The van der Waals surface area contributed by atoms with Gasteiger partial charge in [-0.3, -0.25) is 4.79 Å². The quantitative estimate of drug-likeness (QED) is 0.163. The first kappa shape index (κ1) is 27.8. The lowest BCUT2D eigenvalue weighted by Gasteiger charge is -2.08. The van der Waals surface area contributed by atoms with E-state index in [-0.39, 0.29) is 5.97 Å². The maximum atomic E-state index is 12.1. The number of unbranched alkanes of at least 4 members (excludes halogenated alkanes) is 8. The predicted molar refractivity (Wildman–Crippen MR) is 139 cm³/mol. The number of nitrogens with zero attached hydrogens (tertiary/aromatic N) is 2. The third kappa shape index (κ3) is 11.6. The van der Waals surface area contributed by atoms with E-state index in [0.717, 1.165) is 43.1 Å². The maximum absolute atomic E-state index is 12.1. The van der Waals surface area contributed by atoms with E-state index in [9.17, 15) is 4.79 Å². The van der Waals surface area contributed by atoms with Crippen LogP contribution in [-0.4, -0.2) is 22.5 Å². The normalized spacial score (nSPS) is 11.9. The number of carbonyl (C=O) groups is 1.